The Morgan fingerprint density at radius 3 is 2.38 bits per heavy atom. The second kappa shape index (κ2) is 4.96. The molecule has 0 saturated carbocycles. The third kappa shape index (κ3) is 2.28. The number of hydrogen-bond acceptors (Lipinski definition) is 1. The van der Waals surface area contributed by atoms with Crippen LogP contribution in [-0.2, 0) is 0 Å². The fourth-order valence-corrected chi connectivity index (χ4v) is 2.68. The van der Waals surface area contributed by atoms with Gasteiger partial charge in [0.2, 0.25) is 0 Å². The number of nitrogens with zero attached hydrogens (tertiary/aromatic N) is 1. The Morgan fingerprint density at radius 1 is 0.952 bits per heavy atom. The summed E-state index contributed by atoms with van der Waals surface area (Å²) in [4.78, 5) is 2.54. The number of hydrogen-bond donors (Lipinski definition) is 1. The lowest BCUT2D eigenvalue weighted by Crippen LogP contribution is -1.99. The minimum atomic E-state index is -0.905. The molecule has 0 saturated heterocycles. The van der Waals surface area contributed by atoms with Gasteiger partial charge in [0, 0.05) is 18.2 Å². The summed E-state index contributed by atoms with van der Waals surface area (Å²) in [5, 5.41) is 0. The first-order valence-electron chi connectivity index (χ1n) is 5.63. The molecule has 0 amide bonds. The fourth-order valence-electron chi connectivity index (χ4n) is 2.05. The van der Waals surface area contributed by atoms with Gasteiger partial charge in [-0.1, -0.05) is 0 Å². The number of fused-ring (bicyclic) bond motifs is 1. The number of nitrogens with one attached hydrogen (secondary N) is 1. The predicted molar refractivity (Wildman–Crippen MR) is 76.0 cm³/mol. The predicted octanol–water partition coefficient (Wildman–Crippen LogP) is 5.01. The van der Waals surface area contributed by atoms with E-state index in [9.17, 15) is 17.6 Å². The van der Waals surface area contributed by atoms with Crippen LogP contribution in [-0.4, -0.2) is 9.55 Å². The van der Waals surface area contributed by atoms with Crippen LogP contribution in [0.1, 0.15) is 0 Å². The molecular weight excluding hydrogens is 372 g/mol. The monoisotopic (exact) mass is 376 g/mol. The summed E-state index contributed by atoms with van der Waals surface area (Å²) in [6.45, 7) is 0. The zero-order valence-electron chi connectivity index (χ0n) is 10.1. The van der Waals surface area contributed by atoms with Crippen molar-refractivity contribution in [2.24, 2.45) is 0 Å². The molecule has 0 aliphatic carbocycles. The highest BCUT2D eigenvalue weighted by Crippen LogP contribution is 2.28. The molecule has 108 valence electrons. The summed E-state index contributed by atoms with van der Waals surface area (Å²) in [5.74, 6) is -3.38. The van der Waals surface area contributed by atoms with Gasteiger partial charge >= 0.3 is 0 Å². The van der Waals surface area contributed by atoms with Gasteiger partial charge in [-0.25, -0.2) is 17.6 Å². The van der Waals surface area contributed by atoms with Gasteiger partial charge < -0.3 is 4.98 Å². The van der Waals surface area contributed by atoms with Crippen LogP contribution >= 0.6 is 28.1 Å². The van der Waals surface area contributed by atoms with Gasteiger partial charge in [0.05, 0.1) is 15.7 Å². The number of aromatic amines is 1. The molecule has 0 radical (unpaired) electrons. The smallest absolute Gasteiger partial charge is 0.182 e. The second-order valence-corrected chi connectivity index (χ2v) is 5.51. The number of benzene rings is 2. The summed E-state index contributed by atoms with van der Waals surface area (Å²) in [6.07, 6.45) is 0. The Hall–Kier alpha value is -1.67. The SMILES string of the molecule is Fc1cc(F)c2[nH]c(=S)n(-c3cc(Br)c(F)cc3F)c2c1. The van der Waals surface area contributed by atoms with Gasteiger partial charge in [-0.05, 0) is 34.2 Å². The van der Waals surface area contributed by atoms with E-state index in [0.29, 0.717) is 12.1 Å². The Labute approximate surface area is 129 Å². The highest BCUT2D eigenvalue weighted by Gasteiger charge is 2.16. The molecule has 0 fully saturated rings. The molecule has 1 N–H and O–H groups in total. The van der Waals surface area contributed by atoms with E-state index >= 15 is 0 Å². The van der Waals surface area contributed by atoms with Crippen LogP contribution in [0.2, 0.25) is 0 Å². The van der Waals surface area contributed by atoms with Crippen molar-refractivity contribution in [3.05, 3.63) is 56.8 Å². The lowest BCUT2D eigenvalue weighted by molar-refractivity contribution is 0.573. The van der Waals surface area contributed by atoms with Gasteiger partial charge in [0.1, 0.15) is 23.0 Å². The van der Waals surface area contributed by atoms with Gasteiger partial charge in [-0.15, -0.1) is 0 Å². The third-order valence-corrected chi connectivity index (χ3v) is 3.83. The van der Waals surface area contributed by atoms with Crippen molar-refractivity contribution >= 4 is 39.2 Å². The molecule has 0 aliphatic rings. The summed E-state index contributed by atoms with van der Waals surface area (Å²) in [6, 6.07) is 3.52. The quantitative estimate of drug-likeness (QED) is 0.359. The molecule has 1 heterocycles. The summed E-state index contributed by atoms with van der Waals surface area (Å²) < 4.78 is 55.4. The number of imidazole rings is 1. The molecule has 0 aliphatic heterocycles. The number of halogens is 5. The standard InChI is InChI=1S/C13H5BrF4N2S/c14-6-3-10(8(17)4-7(6)16)20-11-2-5(15)1-9(18)12(11)19-13(20)21/h1-4H,(H,19,21). The topological polar surface area (TPSA) is 20.7 Å². The number of rotatable bonds is 1. The Balaban J connectivity index is 2.43. The van der Waals surface area contributed by atoms with Crippen LogP contribution in [0, 0.1) is 28.0 Å². The Bertz CT molecular complexity index is 932. The molecule has 21 heavy (non-hydrogen) atoms. The van der Waals surface area contributed by atoms with Crippen LogP contribution in [0.15, 0.2) is 28.7 Å². The van der Waals surface area contributed by atoms with Gasteiger partial charge in [-0.2, -0.15) is 0 Å². The Kier molecular flexibility index (Phi) is 3.37. The molecule has 0 bridgehead atoms. The first-order valence-corrected chi connectivity index (χ1v) is 6.83. The van der Waals surface area contributed by atoms with Crippen LogP contribution in [0.4, 0.5) is 17.6 Å². The highest BCUT2D eigenvalue weighted by molar-refractivity contribution is 9.10. The van der Waals surface area contributed by atoms with E-state index in [4.69, 9.17) is 12.2 Å². The van der Waals surface area contributed by atoms with Crippen molar-refractivity contribution in [2.75, 3.05) is 0 Å². The zero-order valence-corrected chi connectivity index (χ0v) is 12.5. The van der Waals surface area contributed by atoms with Crippen LogP contribution < -0.4 is 0 Å². The minimum absolute atomic E-state index is 0.00650. The lowest BCUT2D eigenvalue weighted by atomic mass is 10.2. The largest absolute Gasteiger partial charge is 0.328 e. The molecule has 2 nitrogen and oxygen atoms in total. The van der Waals surface area contributed by atoms with Gasteiger partial charge in [0.25, 0.3) is 0 Å². The van der Waals surface area contributed by atoms with E-state index in [1.807, 2.05) is 0 Å². The molecule has 1 aromatic heterocycles. The molecule has 2 aromatic carbocycles. The molecule has 0 unspecified atom stereocenters. The van der Waals surface area contributed by atoms with E-state index in [1.165, 1.54) is 0 Å². The third-order valence-electron chi connectivity index (χ3n) is 2.94. The highest BCUT2D eigenvalue weighted by atomic mass is 79.9. The number of aromatic nitrogens is 2. The molecule has 3 aromatic rings. The average molecular weight is 377 g/mol. The van der Waals surface area contributed by atoms with Crippen molar-refractivity contribution in [1.29, 1.82) is 0 Å². The zero-order chi connectivity index (χ0) is 15.3. The molecular formula is C13H5BrF4N2S. The van der Waals surface area contributed by atoms with E-state index in [0.717, 1.165) is 16.7 Å². The van der Waals surface area contributed by atoms with Gasteiger partial charge in [0.15, 0.2) is 10.6 Å². The summed E-state index contributed by atoms with van der Waals surface area (Å²) in [5.41, 5.74) is -0.152. The van der Waals surface area contributed by atoms with E-state index in [2.05, 4.69) is 20.9 Å². The Morgan fingerprint density at radius 2 is 1.67 bits per heavy atom. The second-order valence-electron chi connectivity index (χ2n) is 4.27. The minimum Gasteiger partial charge on any atom is -0.328 e. The van der Waals surface area contributed by atoms with Crippen molar-refractivity contribution in [3.8, 4) is 5.69 Å². The maximum atomic E-state index is 14.0. The first-order chi connectivity index (χ1) is 9.88. The first kappa shape index (κ1) is 14.3. The van der Waals surface area contributed by atoms with Crippen molar-refractivity contribution in [2.45, 2.75) is 0 Å². The van der Waals surface area contributed by atoms with Crippen LogP contribution in [0.3, 0.4) is 0 Å². The maximum Gasteiger partial charge on any atom is 0.182 e. The number of H-pyrrole nitrogens is 1. The van der Waals surface area contributed by atoms with Crippen LogP contribution in [0.5, 0.6) is 0 Å². The fraction of sp³-hybridized carbons (Fsp3) is 0. The van der Waals surface area contributed by atoms with Gasteiger partial charge in [-0.3, -0.25) is 4.57 Å². The molecule has 0 spiro atoms. The lowest BCUT2D eigenvalue weighted by Gasteiger charge is -2.07. The van der Waals surface area contributed by atoms with Crippen molar-refractivity contribution < 1.29 is 17.6 Å². The van der Waals surface area contributed by atoms with Crippen molar-refractivity contribution in [3.63, 3.8) is 0 Å². The molecule has 0 atom stereocenters. The van der Waals surface area contributed by atoms with Crippen LogP contribution in [0.25, 0.3) is 16.7 Å². The van der Waals surface area contributed by atoms with Crippen molar-refractivity contribution in [1.82, 2.24) is 9.55 Å². The van der Waals surface area contributed by atoms with E-state index in [-0.39, 0.29) is 26.0 Å². The average Bonchev–Trinajstić information content (AvgIpc) is 2.71. The molecule has 3 rings (SSSR count). The maximum absolute atomic E-state index is 14.0. The summed E-state index contributed by atoms with van der Waals surface area (Å²) >= 11 is 7.95. The normalized spacial score (nSPS) is 11.3. The van der Waals surface area contributed by atoms with E-state index in [1.54, 1.807) is 0 Å². The molecule has 8 heteroatoms. The van der Waals surface area contributed by atoms with E-state index < -0.39 is 23.3 Å². The summed E-state index contributed by atoms with van der Waals surface area (Å²) in [7, 11) is 0.